The largest absolute Gasteiger partial charge is 0.497 e. The van der Waals surface area contributed by atoms with Crippen LogP contribution in [0.4, 0.5) is 0 Å². The van der Waals surface area contributed by atoms with E-state index in [4.69, 9.17) is 9.47 Å². The van der Waals surface area contributed by atoms with E-state index >= 15 is 0 Å². The predicted octanol–water partition coefficient (Wildman–Crippen LogP) is 3.40. The van der Waals surface area contributed by atoms with Gasteiger partial charge in [0.05, 0.1) is 14.2 Å². The topological polar surface area (TPSA) is 30.5 Å². The van der Waals surface area contributed by atoms with Crippen LogP contribution in [0.15, 0.2) is 18.2 Å². The number of methoxy groups -OCH3 is 2. The fourth-order valence-corrected chi connectivity index (χ4v) is 2.14. The Labute approximate surface area is 110 Å². The molecule has 1 aromatic rings. The molecule has 0 spiro atoms. The number of hydrogen-bond acceptors (Lipinski definition) is 3. The molecular formula is C15H25NO2. The first kappa shape index (κ1) is 14.8. The summed E-state index contributed by atoms with van der Waals surface area (Å²) in [4.78, 5) is 0. The summed E-state index contributed by atoms with van der Waals surface area (Å²) in [6.07, 6.45) is 0. The molecule has 102 valence electrons. The Kier molecular flexibility index (Phi) is 5.03. The van der Waals surface area contributed by atoms with E-state index in [0.29, 0.717) is 0 Å². The zero-order valence-electron chi connectivity index (χ0n) is 12.3. The molecule has 1 aromatic carbocycles. The monoisotopic (exact) mass is 251 g/mol. The van der Waals surface area contributed by atoms with E-state index in [1.54, 1.807) is 14.2 Å². The van der Waals surface area contributed by atoms with Crippen molar-refractivity contribution < 1.29 is 9.47 Å². The van der Waals surface area contributed by atoms with Crippen LogP contribution >= 0.6 is 0 Å². The Morgan fingerprint density at radius 1 is 1.17 bits per heavy atom. The van der Waals surface area contributed by atoms with Crippen LogP contribution in [-0.4, -0.2) is 20.8 Å². The second kappa shape index (κ2) is 6.10. The number of hydrogen-bond donors (Lipinski definition) is 1. The van der Waals surface area contributed by atoms with E-state index in [1.807, 2.05) is 12.1 Å². The van der Waals surface area contributed by atoms with Gasteiger partial charge in [-0.15, -0.1) is 0 Å². The van der Waals surface area contributed by atoms with Gasteiger partial charge in [-0.05, 0) is 18.0 Å². The first-order chi connectivity index (χ1) is 8.43. The van der Waals surface area contributed by atoms with Crippen molar-refractivity contribution in [1.82, 2.24) is 5.32 Å². The van der Waals surface area contributed by atoms with Gasteiger partial charge >= 0.3 is 0 Å². The lowest BCUT2D eigenvalue weighted by molar-refractivity contribution is 0.268. The molecule has 0 aromatic heterocycles. The summed E-state index contributed by atoms with van der Waals surface area (Å²) in [5, 5.41) is 3.53. The first-order valence-corrected chi connectivity index (χ1v) is 6.39. The lowest BCUT2D eigenvalue weighted by atomic mass is 9.82. The molecule has 0 saturated heterocycles. The molecule has 0 fully saturated rings. The highest BCUT2D eigenvalue weighted by molar-refractivity contribution is 5.43. The summed E-state index contributed by atoms with van der Waals surface area (Å²) in [7, 11) is 3.36. The quantitative estimate of drug-likeness (QED) is 0.870. The minimum Gasteiger partial charge on any atom is -0.497 e. The summed E-state index contributed by atoms with van der Waals surface area (Å²) >= 11 is 0. The predicted molar refractivity (Wildman–Crippen MR) is 75.4 cm³/mol. The Bertz CT molecular complexity index is 383. The van der Waals surface area contributed by atoms with E-state index in [-0.39, 0.29) is 11.5 Å². The molecule has 0 radical (unpaired) electrons. The summed E-state index contributed by atoms with van der Waals surface area (Å²) in [5.74, 6) is 1.69. The zero-order valence-corrected chi connectivity index (χ0v) is 12.3. The molecule has 0 aliphatic rings. The zero-order chi connectivity index (χ0) is 13.8. The van der Waals surface area contributed by atoms with Gasteiger partial charge in [0, 0.05) is 17.7 Å². The summed E-state index contributed by atoms with van der Waals surface area (Å²) in [5.41, 5.74) is 1.30. The normalized spacial score (nSPS) is 13.2. The molecule has 0 aliphatic heterocycles. The Hall–Kier alpha value is -1.22. The van der Waals surface area contributed by atoms with Crippen LogP contribution < -0.4 is 14.8 Å². The van der Waals surface area contributed by atoms with Gasteiger partial charge in [-0.3, -0.25) is 0 Å². The fraction of sp³-hybridized carbons (Fsp3) is 0.600. The van der Waals surface area contributed by atoms with E-state index in [1.165, 1.54) is 5.56 Å². The molecule has 0 bridgehead atoms. The molecule has 18 heavy (non-hydrogen) atoms. The van der Waals surface area contributed by atoms with Crippen LogP contribution in [0.3, 0.4) is 0 Å². The number of benzene rings is 1. The standard InChI is InChI=1S/C15H25NO2/c1-7-16-14(15(2,3)4)12-9-8-11(17-5)10-13(12)18-6/h8-10,14,16H,7H2,1-6H3. The van der Waals surface area contributed by atoms with Crippen LogP contribution in [0.5, 0.6) is 11.5 Å². The van der Waals surface area contributed by atoms with E-state index in [2.05, 4.69) is 39.1 Å². The van der Waals surface area contributed by atoms with Gasteiger partial charge < -0.3 is 14.8 Å². The van der Waals surface area contributed by atoms with Crippen LogP contribution in [0.1, 0.15) is 39.3 Å². The highest BCUT2D eigenvalue weighted by atomic mass is 16.5. The third-order valence-electron chi connectivity index (χ3n) is 3.03. The second-order valence-electron chi connectivity index (χ2n) is 5.46. The van der Waals surface area contributed by atoms with Crippen LogP contribution in [0.2, 0.25) is 0 Å². The highest BCUT2D eigenvalue weighted by Gasteiger charge is 2.28. The van der Waals surface area contributed by atoms with Crippen molar-refractivity contribution in [2.45, 2.75) is 33.7 Å². The van der Waals surface area contributed by atoms with Crippen molar-refractivity contribution in [2.24, 2.45) is 5.41 Å². The van der Waals surface area contributed by atoms with Gasteiger partial charge in [0.15, 0.2) is 0 Å². The molecule has 1 unspecified atom stereocenters. The maximum absolute atomic E-state index is 5.49. The smallest absolute Gasteiger partial charge is 0.127 e. The van der Waals surface area contributed by atoms with Crippen LogP contribution in [-0.2, 0) is 0 Å². The minimum absolute atomic E-state index is 0.123. The molecule has 0 amide bonds. The maximum atomic E-state index is 5.49. The molecule has 0 heterocycles. The van der Waals surface area contributed by atoms with E-state index < -0.39 is 0 Å². The number of ether oxygens (including phenoxy) is 2. The van der Waals surface area contributed by atoms with Crippen LogP contribution in [0, 0.1) is 5.41 Å². The lowest BCUT2D eigenvalue weighted by Crippen LogP contribution is -2.32. The van der Waals surface area contributed by atoms with Gasteiger partial charge in [0.25, 0.3) is 0 Å². The summed E-state index contributed by atoms with van der Waals surface area (Å²) in [6, 6.07) is 6.25. The van der Waals surface area contributed by atoms with Crippen molar-refractivity contribution >= 4 is 0 Å². The third kappa shape index (κ3) is 3.39. The lowest BCUT2D eigenvalue weighted by Gasteiger charge is -2.32. The summed E-state index contributed by atoms with van der Waals surface area (Å²) < 4.78 is 10.7. The minimum atomic E-state index is 0.123. The molecule has 3 nitrogen and oxygen atoms in total. The molecule has 1 atom stereocenters. The van der Waals surface area contributed by atoms with E-state index in [0.717, 1.165) is 18.0 Å². The third-order valence-corrected chi connectivity index (χ3v) is 3.03. The van der Waals surface area contributed by atoms with Gasteiger partial charge in [-0.1, -0.05) is 33.8 Å². The second-order valence-corrected chi connectivity index (χ2v) is 5.46. The van der Waals surface area contributed by atoms with Gasteiger partial charge in [0.2, 0.25) is 0 Å². The molecule has 0 saturated carbocycles. The van der Waals surface area contributed by atoms with Gasteiger partial charge in [-0.25, -0.2) is 0 Å². The van der Waals surface area contributed by atoms with Crippen molar-refractivity contribution in [3.8, 4) is 11.5 Å². The average Bonchev–Trinajstić information content (AvgIpc) is 2.34. The van der Waals surface area contributed by atoms with Gasteiger partial charge in [0.1, 0.15) is 11.5 Å². The Morgan fingerprint density at radius 2 is 1.83 bits per heavy atom. The van der Waals surface area contributed by atoms with Crippen molar-refractivity contribution in [2.75, 3.05) is 20.8 Å². The fourth-order valence-electron chi connectivity index (χ4n) is 2.14. The average molecular weight is 251 g/mol. The van der Waals surface area contributed by atoms with Crippen LogP contribution in [0.25, 0.3) is 0 Å². The number of rotatable bonds is 5. The summed E-state index contributed by atoms with van der Waals surface area (Å²) in [6.45, 7) is 9.73. The maximum Gasteiger partial charge on any atom is 0.127 e. The van der Waals surface area contributed by atoms with Gasteiger partial charge in [-0.2, -0.15) is 0 Å². The van der Waals surface area contributed by atoms with Crippen molar-refractivity contribution in [3.63, 3.8) is 0 Å². The molecule has 0 aliphatic carbocycles. The molecule has 1 N–H and O–H groups in total. The van der Waals surface area contributed by atoms with Crippen molar-refractivity contribution in [1.29, 1.82) is 0 Å². The SMILES string of the molecule is CCNC(c1ccc(OC)cc1OC)C(C)(C)C. The number of nitrogens with one attached hydrogen (secondary N) is 1. The van der Waals surface area contributed by atoms with Crippen molar-refractivity contribution in [3.05, 3.63) is 23.8 Å². The molecular weight excluding hydrogens is 226 g/mol. The Balaban J connectivity index is 3.19. The highest BCUT2D eigenvalue weighted by Crippen LogP contribution is 2.38. The molecule has 1 rings (SSSR count). The first-order valence-electron chi connectivity index (χ1n) is 6.39. The van der Waals surface area contributed by atoms with E-state index in [9.17, 15) is 0 Å². The Morgan fingerprint density at radius 3 is 2.28 bits per heavy atom. The molecule has 3 heteroatoms.